The van der Waals surface area contributed by atoms with E-state index in [9.17, 15) is 4.79 Å². The molecule has 2 aromatic rings. The highest BCUT2D eigenvalue weighted by atomic mass is 16.5. The van der Waals surface area contributed by atoms with Crippen LogP contribution in [0.15, 0.2) is 42.7 Å². The van der Waals surface area contributed by atoms with Gasteiger partial charge in [-0.3, -0.25) is 9.78 Å². The molecular weight excluding hydrogens is 266 g/mol. The first kappa shape index (κ1) is 14.5. The Morgan fingerprint density at radius 3 is 2.76 bits per heavy atom. The molecule has 0 atom stereocenters. The molecule has 0 spiro atoms. The molecule has 5 heteroatoms. The molecule has 2 rings (SSSR count). The van der Waals surface area contributed by atoms with Gasteiger partial charge in [-0.25, -0.2) is 0 Å². The first-order valence-corrected chi connectivity index (χ1v) is 6.63. The number of amides is 1. The van der Waals surface area contributed by atoms with E-state index in [2.05, 4.69) is 16.4 Å². The van der Waals surface area contributed by atoms with Gasteiger partial charge in [-0.05, 0) is 36.8 Å². The molecule has 21 heavy (non-hydrogen) atoms. The van der Waals surface area contributed by atoms with Gasteiger partial charge in [-0.15, -0.1) is 0 Å². The summed E-state index contributed by atoms with van der Waals surface area (Å²) in [6, 6.07) is 10.3. The fourth-order valence-corrected chi connectivity index (χ4v) is 1.74. The number of rotatable bonds is 5. The molecule has 1 aromatic heterocycles. The van der Waals surface area contributed by atoms with E-state index in [-0.39, 0.29) is 5.91 Å². The zero-order valence-corrected chi connectivity index (χ0v) is 11.7. The maximum Gasteiger partial charge on any atom is 0.255 e. The Morgan fingerprint density at radius 2 is 2.10 bits per heavy atom. The van der Waals surface area contributed by atoms with Crippen molar-refractivity contribution in [3.8, 4) is 11.8 Å². The van der Waals surface area contributed by atoms with E-state index in [0.717, 1.165) is 6.42 Å². The van der Waals surface area contributed by atoms with E-state index in [1.165, 1.54) is 0 Å². The number of ether oxygens (including phenoxy) is 1. The standard InChI is InChI=1S/C16H15N3O2/c1-2-9-21-15-4-3-14(10-13(15)11-17)19-16(20)12-5-7-18-8-6-12/h3-8,10H,2,9H2,1H3,(H,19,20). The van der Waals surface area contributed by atoms with Gasteiger partial charge in [0.1, 0.15) is 11.8 Å². The van der Waals surface area contributed by atoms with Crippen molar-refractivity contribution in [1.82, 2.24) is 4.98 Å². The molecule has 1 aromatic carbocycles. The van der Waals surface area contributed by atoms with E-state index in [1.54, 1.807) is 42.7 Å². The summed E-state index contributed by atoms with van der Waals surface area (Å²) in [7, 11) is 0. The van der Waals surface area contributed by atoms with Gasteiger partial charge in [0, 0.05) is 23.6 Å². The van der Waals surface area contributed by atoms with Crippen molar-refractivity contribution in [2.75, 3.05) is 11.9 Å². The lowest BCUT2D eigenvalue weighted by Crippen LogP contribution is -2.12. The third-order valence-electron chi connectivity index (χ3n) is 2.76. The van der Waals surface area contributed by atoms with E-state index < -0.39 is 0 Å². The number of pyridine rings is 1. The molecule has 0 radical (unpaired) electrons. The summed E-state index contributed by atoms with van der Waals surface area (Å²) in [5.74, 6) is 0.282. The SMILES string of the molecule is CCCOc1ccc(NC(=O)c2ccncc2)cc1C#N. The first-order chi connectivity index (χ1) is 10.2. The minimum atomic E-state index is -0.247. The molecule has 106 valence electrons. The van der Waals surface area contributed by atoms with E-state index in [1.807, 2.05) is 6.92 Å². The molecule has 0 bridgehead atoms. The van der Waals surface area contributed by atoms with Gasteiger partial charge in [0.15, 0.2) is 0 Å². The highest BCUT2D eigenvalue weighted by Gasteiger charge is 2.08. The number of nitriles is 1. The summed E-state index contributed by atoms with van der Waals surface area (Å²) in [5, 5.41) is 11.9. The van der Waals surface area contributed by atoms with Gasteiger partial charge in [0.05, 0.1) is 12.2 Å². The van der Waals surface area contributed by atoms with Crippen molar-refractivity contribution in [3.05, 3.63) is 53.9 Å². The van der Waals surface area contributed by atoms with Crippen molar-refractivity contribution in [3.63, 3.8) is 0 Å². The lowest BCUT2D eigenvalue weighted by atomic mass is 10.2. The van der Waals surface area contributed by atoms with E-state index in [0.29, 0.717) is 29.2 Å². The van der Waals surface area contributed by atoms with Gasteiger partial charge >= 0.3 is 0 Å². The van der Waals surface area contributed by atoms with E-state index in [4.69, 9.17) is 10.00 Å². The molecule has 0 saturated heterocycles. The summed E-state index contributed by atoms with van der Waals surface area (Å²) in [6.07, 6.45) is 3.97. The number of aromatic nitrogens is 1. The van der Waals surface area contributed by atoms with Crippen LogP contribution in [0.25, 0.3) is 0 Å². The van der Waals surface area contributed by atoms with Crippen LogP contribution in [-0.2, 0) is 0 Å². The number of benzene rings is 1. The number of nitrogens with one attached hydrogen (secondary N) is 1. The Hall–Kier alpha value is -2.87. The second-order valence-corrected chi connectivity index (χ2v) is 4.36. The second kappa shape index (κ2) is 7.06. The van der Waals surface area contributed by atoms with Crippen molar-refractivity contribution in [2.24, 2.45) is 0 Å². The van der Waals surface area contributed by atoms with Crippen LogP contribution in [0, 0.1) is 11.3 Å². The Kier molecular flexibility index (Phi) is 4.89. The molecule has 0 aliphatic heterocycles. The minimum absolute atomic E-state index is 0.247. The van der Waals surface area contributed by atoms with Crippen LogP contribution in [0.5, 0.6) is 5.75 Å². The summed E-state index contributed by atoms with van der Waals surface area (Å²) in [6.45, 7) is 2.55. The normalized spacial score (nSPS) is 9.71. The largest absolute Gasteiger partial charge is 0.492 e. The lowest BCUT2D eigenvalue weighted by Gasteiger charge is -2.09. The maximum atomic E-state index is 12.0. The summed E-state index contributed by atoms with van der Waals surface area (Å²) >= 11 is 0. The molecule has 1 N–H and O–H groups in total. The van der Waals surface area contributed by atoms with E-state index >= 15 is 0 Å². The maximum absolute atomic E-state index is 12.0. The minimum Gasteiger partial charge on any atom is -0.492 e. The summed E-state index contributed by atoms with van der Waals surface area (Å²) in [4.78, 5) is 15.9. The fraction of sp³-hybridized carbons (Fsp3) is 0.188. The number of carbonyl (C=O) groups excluding carboxylic acids is 1. The smallest absolute Gasteiger partial charge is 0.255 e. The number of anilines is 1. The molecule has 0 fully saturated rings. The molecular formula is C16H15N3O2. The summed E-state index contributed by atoms with van der Waals surface area (Å²) in [5.41, 5.74) is 1.46. The monoisotopic (exact) mass is 281 g/mol. The number of carbonyl (C=O) groups is 1. The van der Waals surface area contributed by atoms with Gasteiger partial charge in [0.25, 0.3) is 5.91 Å². The van der Waals surface area contributed by atoms with Crippen LogP contribution in [0.3, 0.4) is 0 Å². The Balaban J connectivity index is 2.14. The number of nitrogens with zero attached hydrogens (tertiary/aromatic N) is 2. The number of hydrogen-bond donors (Lipinski definition) is 1. The molecule has 5 nitrogen and oxygen atoms in total. The molecule has 1 heterocycles. The lowest BCUT2D eigenvalue weighted by molar-refractivity contribution is 0.102. The molecule has 0 saturated carbocycles. The average molecular weight is 281 g/mol. The van der Waals surface area contributed by atoms with Crippen LogP contribution in [0.2, 0.25) is 0 Å². The van der Waals surface area contributed by atoms with Crippen molar-refractivity contribution < 1.29 is 9.53 Å². The molecule has 0 unspecified atom stereocenters. The van der Waals surface area contributed by atoms with Gasteiger partial charge in [-0.2, -0.15) is 5.26 Å². The Labute approximate surface area is 123 Å². The fourth-order valence-electron chi connectivity index (χ4n) is 1.74. The van der Waals surface area contributed by atoms with Crippen LogP contribution in [0.1, 0.15) is 29.3 Å². The highest BCUT2D eigenvalue weighted by Crippen LogP contribution is 2.22. The molecule has 1 amide bonds. The highest BCUT2D eigenvalue weighted by molar-refractivity contribution is 6.04. The third kappa shape index (κ3) is 3.80. The molecule has 0 aliphatic rings. The summed E-state index contributed by atoms with van der Waals surface area (Å²) < 4.78 is 5.48. The van der Waals surface area contributed by atoms with Crippen LogP contribution in [-0.4, -0.2) is 17.5 Å². The van der Waals surface area contributed by atoms with Crippen LogP contribution >= 0.6 is 0 Å². The predicted octanol–water partition coefficient (Wildman–Crippen LogP) is 2.99. The van der Waals surface area contributed by atoms with Gasteiger partial charge in [0.2, 0.25) is 0 Å². The van der Waals surface area contributed by atoms with Crippen LogP contribution in [0.4, 0.5) is 5.69 Å². The van der Waals surface area contributed by atoms with Crippen LogP contribution < -0.4 is 10.1 Å². The quantitative estimate of drug-likeness (QED) is 0.914. The Morgan fingerprint density at radius 1 is 1.33 bits per heavy atom. The van der Waals surface area contributed by atoms with Gasteiger partial charge < -0.3 is 10.1 Å². The average Bonchev–Trinajstić information content (AvgIpc) is 2.54. The first-order valence-electron chi connectivity index (χ1n) is 6.63. The second-order valence-electron chi connectivity index (χ2n) is 4.36. The van der Waals surface area contributed by atoms with Crippen molar-refractivity contribution in [1.29, 1.82) is 5.26 Å². The Bertz CT molecular complexity index is 663. The van der Waals surface area contributed by atoms with Crippen molar-refractivity contribution >= 4 is 11.6 Å². The third-order valence-corrected chi connectivity index (χ3v) is 2.76. The number of hydrogen-bond acceptors (Lipinski definition) is 4. The predicted molar refractivity (Wildman–Crippen MR) is 79.1 cm³/mol. The zero-order chi connectivity index (χ0) is 15.1. The molecule has 0 aliphatic carbocycles. The van der Waals surface area contributed by atoms with Crippen molar-refractivity contribution in [2.45, 2.75) is 13.3 Å². The topological polar surface area (TPSA) is 75.0 Å². The van der Waals surface area contributed by atoms with Gasteiger partial charge in [-0.1, -0.05) is 6.92 Å². The zero-order valence-electron chi connectivity index (χ0n) is 11.7.